The maximum absolute atomic E-state index is 13.3. The molecule has 2 aliphatic rings. The Labute approximate surface area is 191 Å². The van der Waals surface area contributed by atoms with Crippen molar-refractivity contribution in [1.29, 1.82) is 0 Å². The molecule has 3 atom stereocenters. The Balaban J connectivity index is 0.00000392. The normalized spacial score (nSPS) is 31.1. The van der Waals surface area contributed by atoms with Crippen LogP contribution in [0.5, 0.6) is 0 Å². The summed E-state index contributed by atoms with van der Waals surface area (Å²) in [5.41, 5.74) is -1.14. The third kappa shape index (κ3) is 7.69. The van der Waals surface area contributed by atoms with Crippen molar-refractivity contribution in [3.05, 3.63) is 12.2 Å². The van der Waals surface area contributed by atoms with Gasteiger partial charge in [-0.05, 0) is 46.5 Å². The van der Waals surface area contributed by atoms with E-state index in [0.29, 0.717) is 0 Å². The molecule has 0 saturated carbocycles. The second-order valence-electron chi connectivity index (χ2n) is 9.21. The zero-order valence-corrected chi connectivity index (χ0v) is 20.9. The van der Waals surface area contributed by atoms with Crippen LogP contribution in [-0.2, 0) is 9.59 Å². The Morgan fingerprint density at radius 1 is 1.14 bits per heavy atom. The van der Waals surface area contributed by atoms with Gasteiger partial charge in [0.1, 0.15) is 0 Å². The average molecular weight is 446 g/mol. The number of carbonyl (C=O) groups is 2. The Morgan fingerprint density at radius 2 is 1.83 bits per heavy atom. The third-order valence-corrected chi connectivity index (χ3v) is 5.98. The fraction of sp³-hybridized carbons (Fsp3) is 0.818. The predicted octanol–water partition coefficient (Wildman–Crippen LogP) is 2.93. The van der Waals surface area contributed by atoms with Crippen LogP contribution in [0.1, 0.15) is 66.7 Å². The highest BCUT2D eigenvalue weighted by molar-refractivity contribution is 7.59. The Bertz CT molecular complexity index is 568. The van der Waals surface area contributed by atoms with E-state index in [9.17, 15) is 9.59 Å². The standard InChI is InChI=1S/C22H39N3O2.2H2S/c1-17(2)20(27)21(5)11-9-7-6-8-10-13-25-14-12-22(16-25,24-18(3)4)19(26)15-23-21;;/h8,10,17-18,23-24H,6-7,9,11-16H2,1-5H3;2*1H2/t21-,22-;;/m0../s1. The minimum Gasteiger partial charge on any atom is -0.302 e. The van der Waals surface area contributed by atoms with Gasteiger partial charge in [-0.3, -0.25) is 19.8 Å². The molecule has 0 radical (unpaired) electrons. The molecule has 0 aromatic heterocycles. The van der Waals surface area contributed by atoms with Crippen molar-refractivity contribution < 1.29 is 9.59 Å². The van der Waals surface area contributed by atoms with Gasteiger partial charge >= 0.3 is 0 Å². The summed E-state index contributed by atoms with van der Waals surface area (Å²) in [4.78, 5) is 28.5. The van der Waals surface area contributed by atoms with E-state index in [1.165, 1.54) is 0 Å². The van der Waals surface area contributed by atoms with E-state index in [0.717, 1.165) is 51.7 Å². The van der Waals surface area contributed by atoms with Crippen LogP contribution in [-0.4, -0.2) is 59.8 Å². The molecule has 2 aliphatic heterocycles. The van der Waals surface area contributed by atoms with Gasteiger partial charge in [-0.25, -0.2) is 0 Å². The van der Waals surface area contributed by atoms with Gasteiger partial charge in [0.25, 0.3) is 0 Å². The predicted molar refractivity (Wildman–Crippen MR) is 132 cm³/mol. The van der Waals surface area contributed by atoms with E-state index in [-0.39, 0.29) is 57.1 Å². The fourth-order valence-electron chi connectivity index (χ4n) is 4.49. The van der Waals surface area contributed by atoms with Crippen LogP contribution >= 0.6 is 27.0 Å². The molecule has 0 amide bonds. The number of Topliss-reactive ketones (excluding diaryl/α,β-unsaturated/α-hetero) is 2. The van der Waals surface area contributed by atoms with Gasteiger partial charge in [-0.1, -0.05) is 32.4 Å². The van der Waals surface area contributed by atoms with Crippen LogP contribution in [0.15, 0.2) is 12.2 Å². The van der Waals surface area contributed by atoms with Crippen LogP contribution < -0.4 is 10.6 Å². The molecule has 1 fully saturated rings. The first kappa shape index (κ1) is 28.7. The van der Waals surface area contributed by atoms with Crippen molar-refractivity contribution in [3.63, 3.8) is 0 Å². The van der Waals surface area contributed by atoms with Gasteiger partial charge in [0.15, 0.2) is 11.6 Å². The highest BCUT2D eigenvalue weighted by Gasteiger charge is 2.45. The third-order valence-electron chi connectivity index (χ3n) is 5.98. The molecule has 5 nitrogen and oxygen atoms in total. The number of nitrogens with zero attached hydrogens (tertiary/aromatic N) is 1. The van der Waals surface area contributed by atoms with Gasteiger partial charge in [0, 0.05) is 31.6 Å². The highest BCUT2D eigenvalue weighted by Crippen LogP contribution is 2.25. The zero-order chi connectivity index (χ0) is 20.1. The molecular weight excluding hydrogens is 402 g/mol. The Hall–Kier alpha value is -0.340. The van der Waals surface area contributed by atoms with Crippen molar-refractivity contribution >= 4 is 38.6 Å². The minimum atomic E-state index is -0.630. The highest BCUT2D eigenvalue weighted by atomic mass is 32.1. The monoisotopic (exact) mass is 445 g/mol. The van der Waals surface area contributed by atoms with Crippen LogP contribution in [0.4, 0.5) is 0 Å². The van der Waals surface area contributed by atoms with Crippen LogP contribution in [0.25, 0.3) is 0 Å². The zero-order valence-electron chi connectivity index (χ0n) is 18.9. The topological polar surface area (TPSA) is 61.4 Å². The van der Waals surface area contributed by atoms with Crippen LogP contribution in [0, 0.1) is 5.92 Å². The van der Waals surface area contributed by atoms with Crippen molar-refractivity contribution in [3.8, 4) is 0 Å². The van der Waals surface area contributed by atoms with Gasteiger partial charge < -0.3 is 5.32 Å². The number of fused-ring (bicyclic) bond motifs is 2. The lowest BCUT2D eigenvalue weighted by Crippen LogP contribution is -2.61. The average Bonchev–Trinajstić information content (AvgIpc) is 3.00. The first-order valence-electron chi connectivity index (χ1n) is 10.7. The molecule has 0 aliphatic carbocycles. The lowest BCUT2D eigenvalue weighted by atomic mass is 9.83. The minimum absolute atomic E-state index is 0. The van der Waals surface area contributed by atoms with Gasteiger partial charge in [-0.15, -0.1) is 0 Å². The lowest BCUT2D eigenvalue weighted by molar-refractivity contribution is -0.129. The number of hydrogen-bond acceptors (Lipinski definition) is 5. The summed E-state index contributed by atoms with van der Waals surface area (Å²) in [5.74, 6) is 0.348. The molecule has 29 heavy (non-hydrogen) atoms. The molecule has 2 bridgehead atoms. The maximum Gasteiger partial charge on any atom is 0.167 e. The largest absolute Gasteiger partial charge is 0.302 e. The van der Waals surface area contributed by atoms with E-state index in [1.54, 1.807) is 0 Å². The molecule has 2 N–H and O–H groups in total. The molecule has 1 saturated heterocycles. The van der Waals surface area contributed by atoms with E-state index >= 15 is 0 Å². The fourth-order valence-corrected chi connectivity index (χ4v) is 4.49. The maximum atomic E-state index is 13.3. The first-order chi connectivity index (χ1) is 12.7. The van der Waals surface area contributed by atoms with E-state index in [1.807, 2.05) is 20.8 Å². The van der Waals surface area contributed by atoms with Gasteiger partial charge in [0.05, 0.1) is 17.6 Å². The van der Waals surface area contributed by atoms with Gasteiger partial charge in [-0.2, -0.15) is 27.0 Å². The Morgan fingerprint density at radius 3 is 2.45 bits per heavy atom. The quantitative estimate of drug-likeness (QED) is 0.652. The summed E-state index contributed by atoms with van der Waals surface area (Å²) >= 11 is 0. The second kappa shape index (κ2) is 12.5. The van der Waals surface area contributed by atoms with Crippen molar-refractivity contribution in [1.82, 2.24) is 15.5 Å². The van der Waals surface area contributed by atoms with E-state index in [2.05, 4.69) is 41.5 Å². The first-order valence-corrected chi connectivity index (χ1v) is 10.7. The molecule has 0 spiro atoms. The summed E-state index contributed by atoms with van der Waals surface area (Å²) in [6.07, 6.45) is 9.20. The molecule has 2 rings (SSSR count). The Kier molecular flexibility index (Phi) is 12.4. The van der Waals surface area contributed by atoms with E-state index in [4.69, 9.17) is 0 Å². The summed E-state index contributed by atoms with van der Waals surface area (Å²) in [5, 5.41) is 6.94. The molecule has 7 heteroatoms. The van der Waals surface area contributed by atoms with Crippen molar-refractivity contribution in [2.45, 2.75) is 83.8 Å². The number of allylic oxidation sites excluding steroid dienone is 1. The van der Waals surface area contributed by atoms with Crippen molar-refractivity contribution in [2.24, 2.45) is 5.92 Å². The molecule has 1 unspecified atom stereocenters. The summed E-state index contributed by atoms with van der Waals surface area (Å²) < 4.78 is 0. The van der Waals surface area contributed by atoms with Crippen LogP contribution in [0.3, 0.4) is 0 Å². The molecular formula is C22H43N3O2S2. The number of rotatable bonds is 4. The lowest BCUT2D eigenvalue weighted by Gasteiger charge is -2.35. The van der Waals surface area contributed by atoms with Crippen molar-refractivity contribution in [2.75, 3.05) is 26.2 Å². The molecule has 0 aromatic rings. The number of nitrogens with one attached hydrogen (secondary N) is 2. The molecule has 170 valence electrons. The van der Waals surface area contributed by atoms with E-state index < -0.39 is 11.1 Å². The SMILES string of the molecule is CC(C)N[C@]12CCN(CC=CCCCC[C@@](C)(C(=O)C(C)C)NCC1=O)C2.S.S. The smallest absolute Gasteiger partial charge is 0.167 e. The molecule has 0 aromatic carbocycles. The summed E-state index contributed by atoms with van der Waals surface area (Å²) in [6, 6.07) is 0.243. The second-order valence-corrected chi connectivity index (χ2v) is 9.21. The summed E-state index contributed by atoms with van der Waals surface area (Å²) in [7, 11) is 0. The number of carbonyl (C=O) groups excluding carboxylic acids is 2. The number of hydrogen-bond donors (Lipinski definition) is 2. The van der Waals surface area contributed by atoms with Crippen LogP contribution in [0.2, 0.25) is 0 Å². The molecule has 2 heterocycles. The number of ketones is 2. The summed E-state index contributed by atoms with van der Waals surface area (Å²) in [6.45, 7) is 12.9. The van der Waals surface area contributed by atoms with Gasteiger partial charge in [0.2, 0.25) is 0 Å².